The van der Waals surface area contributed by atoms with Gasteiger partial charge in [0, 0.05) is 5.69 Å². The Morgan fingerprint density at radius 2 is 1.74 bits per heavy atom. The van der Waals surface area contributed by atoms with Gasteiger partial charge in [-0.3, -0.25) is 0 Å². The second kappa shape index (κ2) is 5.28. The van der Waals surface area contributed by atoms with Gasteiger partial charge in [-0.15, -0.1) is 12.6 Å². The molecule has 6 N–H and O–H groups in total. The van der Waals surface area contributed by atoms with E-state index in [0.717, 1.165) is 0 Å². The number of nitrogens with two attached hydrogens (primary N) is 1. The summed E-state index contributed by atoms with van der Waals surface area (Å²) in [6, 6.07) is 6.41. The molecule has 0 aliphatic carbocycles. The molecule has 7 heteroatoms. The predicted octanol–water partition coefficient (Wildman–Crippen LogP) is -1.17. The number of rotatable bonds is 2. The van der Waals surface area contributed by atoms with E-state index in [1.54, 1.807) is 24.3 Å². The summed E-state index contributed by atoms with van der Waals surface area (Å²) in [6.45, 7) is -0.498. The van der Waals surface area contributed by atoms with Crippen molar-refractivity contribution in [3.8, 4) is 0 Å². The maximum atomic E-state index is 10.1. The van der Waals surface area contributed by atoms with Crippen molar-refractivity contribution in [3.05, 3.63) is 29.8 Å². The van der Waals surface area contributed by atoms with Gasteiger partial charge < -0.3 is 30.9 Å². The molecule has 5 atom stereocenters. The van der Waals surface area contributed by atoms with Gasteiger partial charge >= 0.3 is 0 Å². The molecule has 1 saturated heterocycles. The van der Waals surface area contributed by atoms with E-state index in [4.69, 9.17) is 15.6 Å². The van der Waals surface area contributed by atoms with Gasteiger partial charge in [-0.2, -0.15) is 0 Å². The average Bonchev–Trinajstić information content (AvgIpc) is 2.41. The van der Waals surface area contributed by atoms with Gasteiger partial charge in [0.05, 0.1) is 6.61 Å². The number of aliphatic hydroxyl groups is 4. The van der Waals surface area contributed by atoms with Crippen molar-refractivity contribution in [1.29, 1.82) is 0 Å². The minimum Gasteiger partial charge on any atom is -0.399 e. The zero-order chi connectivity index (χ0) is 14.2. The van der Waals surface area contributed by atoms with Gasteiger partial charge in [-0.25, -0.2) is 0 Å². The zero-order valence-corrected chi connectivity index (χ0v) is 10.9. The van der Waals surface area contributed by atoms with Crippen molar-refractivity contribution in [2.75, 3.05) is 12.3 Å². The molecule has 1 aliphatic heterocycles. The molecule has 1 aliphatic rings. The summed E-state index contributed by atoms with van der Waals surface area (Å²) in [6.07, 6.45) is -5.33. The third-order valence-corrected chi connectivity index (χ3v) is 3.92. The van der Waals surface area contributed by atoms with Crippen molar-refractivity contribution in [2.45, 2.75) is 29.3 Å². The van der Waals surface area contributed by atoms with E-state index < -0.39 is 36.0 Å². The molecular formula is C12H17NO5S. The van der Waals surface area contributed by atoms with Gasteiger partial charge in [-0.05, 0) is 17.7 Å². The largest absolute Gasteiger partial charge is 0.399 e. The van der Waals surface area contributed by atoms with E-state index in [0.29, 0.717) is 11.3 Å². The molecule has 1 heterocycles. The zero-order valence-electron chi connectivity index (χ0n) is 10.0. The highest BCUT2D eigenvalue weighted by Gasteiger charge is 2.52. The molecule has 19 heavy (non-hydrogen) atoms. The summed E-state index contributed by atoms with van der Waals surface area (Å²) in [5.41, 5.74) is 6.59. The van der Waals surface area contributed by atoms with Crippen LogP contribution in [0.1, 0.15) is 5.56 Å². The van der Waals surface area contributed by atoms with E-state index in [9.17, 15) is 15.3 Å². The van der Waals surface area contributed by atoms with Crippen molar-refractivity contribution < 1.29 is 25.2 Å². The highest BCUT2D eigenvalue weighted by Crippen LogP contribution is 2.41. The fourth-order valence-electron chi connectivity index (χ4n) is 2.11. The third-order valence-electron chi connectivity index (χ3n) is 3.29. The van der Waals surface area contributed by atoms with E-state index in [2.05, 4.69) is 12.6 Å². The van der Waals surface area contributed by atoms with E-state index in [1.807, 2.05) is 0 Å². The highest BCUT2D eigenvalue weighted by molar-refractivity contribution is 7.81. The number of ether oxygens (including phenoxy) is 1. The lowest BCUT2D eigenvalue weighted by Gasteiger charge is -2.46. The van der Waals surface area contributed by atoms with E-state index >= 15 is 0 Å². The number of thiol groups is 1. The highest BCUT2D eigenvalue weighted by atomic mass is 32.1. The number of nitrogen functional groups attached to an aromatic ring is 1. The Kier molecular flexibility index (Phi) is 4.05. The number of aliphatic hydroxyl groups excluding tert-OH is 4. The minimum atomic E-state index is -1.53. The Hall–Kier alpha value is -0.830. The summed E-state index contributed by atoms with van der Waals surface area (Å²) in [4.78, 5) is -1.53. The maximum Gasteiger partial charge on any atom is 0.165 e. The van der Waals surface area contributed by atoms with Crippen LogP contribution in [0.25, 0.3) is 0 Å². The van der Waals surface area contributed by atoms with Gasteiger partial charge in [-0.1, -0.05) is 12.1 Å². The van der Waals surface area contributed by atoms with Crippen LogP contribution in [0.2, 0.25) is 0 Å². The van der Waals surface area contributed by atoms with Crippen LogP contribution in [0.5, 0.6) is 0 Å². The van der Waals surface area contributed by atoms with Gasteiger partial charge in [0.25, 0.3) is 0 Å². The quantitative estimate of drug-likeness (QED) is 0.301. The van der Waals surface area contributed by atoms with Crippen LogP contribution in [0.15, 0.2) is 24.3 Å². The topological polar surface area (TPSA) is 116 Å². The van der Waals surface area contributed by atoms with Crippen molar-refractivity contribution in [2.24, 2.45) is 0 Å². The van der Waals surface area contributed by atoms with E-state index in [1.165, 1.54) is 0 Å². The Bertz CT molecular complexity index is 440. The van der Waals surface area contributed by atoms with Crippen LogP contribution in [0, 0.1) is 0 Å². The molecular weight excluding hydrogens is 270 g/mol. The Morgan fingerprint density at radius 1 is 1.16 bits per heavy atom. The maximum absolute atomic E-state index is 10.1. The van der Waals surface area contributed by atoms with Crippen LogP contribution in [0.3, 0.4) is 0 Å². The lowest BCUT2D eigenvalue weighted by Crippen LogP contribution is -2.61. The number of anilines is 1. The van der Waals surface area contributed by atoms with Crippen LogP contribution < -0.4 is 5.73 Å². The predicted molar refractivity (Wildman–Crippen MR) is 71.5 cm³/mol. The average molecular weight is 287 g/mol. The summed E-state index contributed by atoms with van der Waals surface area (Å²) in [5, 5.41) is 38.8. The number of hydrogen-bond donors (Lipinski definition) is 6. The minimum absolute atomic E-state index is 0.474. The molecule has 1 aromatic rings. The van der Waals surface area contributed by atoms with Crippen molar-refractivity contribution >= 4 is 18.3 Å². The monoisotopic (exact) mass is 287 g/mol. The first-order valence-electron chi connectivity index (χ1n) is 5.81. The molecule has 1 fully saturated rings. The molecule has 0 aromatic heterocycles. The first-order chi connectivity index (χ1) is 8.90. The van der Waals surface area contributed by atoms with Gasteiger partial charge in [0.15, 0.2) is 4.93 Å². The molecule has 2 rings (SSSR count). The number of hydrogen-bond acceptors (Lipinski definition) is 7. The summed E-state index contributed by atoms with van der Waals surface area (Å²) < 4.78 is 5.46. The van der Waals surface area contributed by atoms with Gasteiger partial charge in [0.1, 0.15) is 24.4 Å². The third kappa shape index (κ3) is 2.45. The molecule has 0 amide bonds. The van der Waals surface area contributed by atoms with Crippen LogP contribution in [-0.2, 0) is 9.67 Å². The molecule has 0 bridgehead atoms. The van der Waals surface area contributed by atoms with Crippen molar-refractivity contribution in [3.63, 3.8) is 0 Å². The fraction of sp³-hybridized carbons (Fsp3) is 0.500. The van der Waals surface area contributed by atoms with Crippen LogP contribution in [0.4, 0.5) is 5.69 Å². The molecule has 1 aromatic carbocycles. The molecule has 0 unspecified atom stereocenters. The molecule has 106 valence electrons. The summed E-state index contributed by atoms with van der Waals surface area (Å²) >= 11 is 4.29. The standard InChI is InChI=1S/C12H17NO5S/c13-7-3-1-6(2-4-7)12(19)11(17)10(16)9(15)8(5-14)18-12/h1-4,8-11,14-17,19H,5,13H2/t8-,9-,10+,11-,12+/m1/s1. The number of benzene rings is 1. The molecule has 0 saturated carbocycles. The van der Waals surface area contributed by atoms with Crippen LogP contribution in [-0.4, -0.2) is 51.4 Å². The second-order valence-electron chi connectivity index (χ2n) is 4.58. The Morgan fingerprint density at radius 3 is 2.26 bits per heavy atom. The Labute approximate surface area is 115 Å². The van der Waals surface area contributed by atoms with Crippen molar-refractivity contribution in [1.82, 2.24) is 0 Å². The molecule has 6 nitrogen and oxygen atoms in total. The second-order valence-corrected chi connectivity index (χ2v) is 5.25. The van der Waals surface area contributed by atoms with E-state index in [-0.39, 0.29) is 0 Å². The molecule has 0 spiro atoms. The Balaban J connectivity index is 2.37. The lowest BCUT2D eigenvalue weighted by molar-refractivity contribution is -0.245. The fourth-order valence-corrected chi connectivity index (χ4v) is 2.55. The molecule has 0 radical (unpaired) electrons. The summed E-state index contributed by atoms with van der Waals surface area (Å²) in [7, 11) is 0. The van der Waals surface area contributed by atoms with Gasteiger partial charge in [0.2, 0.25) is 0 Å². The first-order valence-corrected chi connectivity index (χ1v) is 6.26. The lowest BCUT2D eigenvalue weighted by atomic mass is 9.90. The summed E-state index contributed by atoms with van der Waals surface area (Å²) in [5.74, 6) is 0. The van der Waals surface area contributed by atoms with Crippen LogP contribution >= 0.6 is 12.6 Å². The first kappa shape index (κ1) is 14.6. The normalized spacial score (nSPS) is 39.2. The smallest absolute Gasteiger partial charge is 0.165 e. The SMILES string of the molecule is Nc1ccc([C@@]2(S)O[C@H](CO)[C@@H](O)[C@H](O)[C@H]2O)cc1.